The van der Waals surface area contributed by atoms with E-state index < -0.39 is 32.6 Å². The van der Waals surface area contributed by atoms with E-state index in [1.807, 2.05) is 24.3 Å². The minimum Gasteiger partial charge on any atom is -0.478 e. The predicted molar refractivity (Wildman–Crippen MR) is 156 cm³/mol. The fourth-order valence-electron chi connectivity index (χ4n) is 4.18. The molecule has 3 aliphatic carbocycles. The molecular weight excluding hydrogens is 562 g/mol. The third kappa shape index (κ3) is 5.91. The molecule has 42 heavy (non-hydrogen) atoms. The van der Waals surface area contributed by atoms with Crippen molar-refractivity contribution in [2.45, 2.75) is 0 Å². The van der Waals surface area contributed by atoms with Gasteiger partial charge < -0.3 is 10.5 Å². The largest absolute Gasteiger partial charge is 0.478 e. The van der Waals surface area contributed by atoms with E-state index in [9.17, 15) is 27.4 Å². The van der Waals surface area contributed by atoms with Gasteiger partial charge in [-0.1, -0.05) is 30.3 Å². The molecule has 0 aromatic heterocycles. The number of hydrogen-bond acceptors (Lipinski definition) is 10. The van der Waals surface area contributed by atoms with Crippen LogP contribution in [0.15, 0.2) is 123 Å². The number of carbonyl (C=O) groups excluding carboxylic acids is 2. The van der Waals surface area contributed by atoms with Crippen LogP contribution in [0.25, 0.3) is 11.1 Å². The van der Waals surface area contributed by atoms with Gasteiger partial charge in [0.2, 0.25) is 0 Å². The van der Waals surface area contributed by atoms with E-state index in [2.05, 4.69) is 21.4 Å². The molecule has 0 saturated carbocycles. The quantitative estimate of drug-likeness (QED) is 0.116. The molecule has 13 heteroatoms. The SMILES string of the molecule is N=C1C=CC2=CC(S(=O)(=O)O)=CC(=O)C2=C1NNc1ccc(-c2ccc(NN=C3C=CC(=O)C(C(=O)O)=C3)cc2)cc1. The van der Waals surface area contributed by atoms with Crippen molar-refractivity contribution in [2.24, 2.45) is 5.10 Å². The minimum atomic E-state index is -4.56. The first-order valence-electron chi connectivity index (χ1n) is 12.2. The van der Waals surface area contributed by atoms with Crippen LogP contribution in [0.4, 0.5) is 11.4 Å². The van der Waals surface area contributed by atoms with Gasteiger partial charge in [0.15, 0.2) is 11.6 Å². The highest BCUT2D eigenvalue weighted by Crippen LogP contribution is 2.30. The molecule has 12 nitrogen and oxygen atoms in total. The van der Waals surface area contributed by atoms with Gasteiger partial charge in [0.25, 0.3) is 10.1 Å². The van der Waals surface area contributed by atoms with Crippen molar-refractivity contribution in [3.63, 3.8) is 0 Å². The number of carboxylic acid groups (broad SMARTS) is 1. The number of benzene rings is 2. The molecule has 2 aromatic rings. The molecule has 0 saturated heterocycles. The molecule has 0 unspecified atom stereocenters. The predicted octanol–water partition coefficient (Wildman–Crippen LogP) is 3.31. The topological polar surface area (TPSA) is 198 Å². The molecule has 6 N–H and O–H groups in total. The molecule has 0 bridgehead atoms. The highest BCUT2D eigenvalue weighted by molar-refractivity contribution is 7.90. The number of hydrazone groups is 1. The normalized spacial score (nSPS) is 17.4. The van der Waals surface area contributed by atoms with E-state index >= 15 is 0 Å². The summed E-state index contributed by atoms with van der Waals surface area (Å²) in [6, 6.07) is 14.6. The lowest BCUT2D eigenvalue weighted by Crippen LogP contribution is -2.31. The molecule has 3 aliphatic rings. The Kier molecular flexibility index (Phi) is 7.35. The zero-order valence-corrected chi connectivity index (χ0v) is 22.3. The smallest absolute Gasteiger partial charge is 0.339 e. The Labute approximate surface area is 239 Å². The number of aliphatic carboxylic acids is 1. The van der Waals surface area contributed by atoms with Gasteiger partial charge in [-0.2, -0.15) is 13.5 Å². The highest BCUT2D eigenvalue weighted by atomic mass is 32.2. The summed E-state index contributed by atoms with van der Waals surface area (Å²) in [6.07, 6.45) is 8.59. The van der Waals surface area contributed by atoms with E-state index in [4.69, 9.17) is 10.5 Å². The lowest BCUT2D eigenvalue weighted by atomic mass is 9.89. The van der Waals surface area contributed by atoms with Gasteiger partial charge >= 0.3 is 5.97 Å². The van der Waals surface area contributed by atoms with Gasteiger partial charge in [-0.05, 0) is 71.3 Å². The molecule has 210 valence electrons. The molecule has 0 atom stereocenters. The number of ketones is 2. The molecule has 0 aliphatic heterocycles. The van der Waals surface area contributed by atoms with Crippen LogP contribution in [-0.2, 0) is 24.5 Å². The maximum absolute atomic E-state index is 12.6. The molecule has 0 amide bonds. The van der Waals surface area contributed by atoms with E-state index in [0.717, 1.165) is 23.3 Å². The van der Waals surface area contributed by atoms with Crippen LogP contribution >= 0.6 is 0 Å². The van der Waals surface area contributed by atoms with Crippen molar-refractivity contribution >= 4 is 50.5 Å². The second-order valence-corrected chi connectivity index (χ2v) is 10.5. The fraction of sp³-hybridized carbons (Fsp3) is 0. The fourth-order valence-corrected chi connectivity index (χ4v) is 4.71. The zero-order chi connectivity index (χ0) is 30.0. The van der Waals surface area contributed by atoms with E-state index in [0.29, 0.717) is 17.1 Å². The maximum Gasteiger partial charge on any atom is 0.339 e. The summed E-state index contributed by atoms with van der Waals surface area (Å²) in [7, 11) is -4.56. The monoisotopic (exact) mass is 583 g/mol. The Bertz CT molecular complexity index is 1880. The number of carbonyl (C=O) groups is 3. The van der Waals surface area contributed by atoms with Crippen molar-refractivity contribution in [3.8, 4) is 11.1 Å². The third-order valence-electron chi connectivity index (χ3n) is 6.30. The van der Waals surface area contributed by atoms with Crippen LogP contribution in [0, 0.1) is 5.41 Å². The van der Waals surface area contributed by atoms with Crippen LogP contribution < -0.4 is 16.3 Å². The second-order valence-electron chi connectivity index (χ2n) is 9.10. The Morgan fingerprint density at radius 3 is 2.05 bits per heavy atom. The summed E-state index contributed by atoms with van der Waals surface area (Å²) >= 11 is 0. The number of nitrogens with one attached hydrogen (secondary N) is 4. The van der Waals surface area contributed by atoms with Crippen LogP contribution in [0.1, 0.15) is 0 Å². The summed E-state index contributed by atoms with van der Waals surface area (Å²) < 4.78 is 32.3. The highest BCUT2D eigenvalue weighted by Gasteiger charge is 2.29. The van der Waals surface area contributed by atoms with Gasteiger partial charge in [-0.25, -0.2) is 4.79 Å². The van der Waals surface area contributed by atoms with Crippen LogP contribution in [0.5, 0.6) is 0 Å². The van der Waals surface area contributed by atoms with Crippen molar-refractivity contribution in [1.29, 1.82) is 5.41 Å². The van der Waals surface area contributed by atoms with Gasteiger partial charge in [0, 0.05) is 6.08 Å². The number of rotatable bonds is 8. The van der Waals surface area contributed by atoms with Gasteiger partial charge in [-0.15, -0.1) is 0 Å². The summed E-state index contributed by atoms with van der Waals surface area (Å²) in [4.78, 5) is 34.9. The van der Waals surface area contributed by atoms with E-state index in [-0.39, 0.29) is 28.1 Å². The van der Waals surface area contributed by atoms with E-state index in [1.54, 1.807) is 24.3 Å². The number of carboxylic acids is 1. The molecule has 0 fully saturated rings. The first-order chi connectivity index (χ1) is 20.0. The number of hydrazine groups is 1. The van der Waals surface area contributed by atoms with Gasteiger partial charge in [-0.3, -0.25) is 30.4 Å². The van der Waals surface area contributed by atoms with Crippen molar-refractivity contribution in [2.75, 3.05) is 10.9 Å². The van der Waals surface area contributed by atoms with Crippen molar-refractivity contribution < 1.29 is 32.5 Å². The molecule has 0 heterocycles. The lowest BCUT2D eigenvalue weighted by molar-refractivity contribution is -0.134. The number of fused-ring (bicyclic) bond motifs is 1. The van der Waals surface area contributed by atoms with Gasteiger partial charge in [0.05, 0.1) is 39.0 Å². The average Bonchev–Trinajstić information content (AvgIpc) is 2.96. The maximum atomic E-state index is 12.6. The first kappa shape index (κ1) is 27.9. The zero-order valence-electron chi connectivity index (χ0n) is 21.5. The van der Waals surface area contributed by atoms with Crippen molar-refractivity contribution in [3.05, 3.63) is 118 Å². The molecule has 2 aromatic carbocycles. The number of hydrogen-bond donors (Lipinski definition) is 6. The number of nitrogens with zero attached hydrogens (tertiary/aromatic N) is 1. The van der Waals surface area contributed by atoms with Crippen LogP contribution in [0.2, 0.25) is 0 Å². The Hall–Kier alpha value is -5.66. The second kappa shape index (κ2) is 11.1. The first-order valence-corrected chi connectivity index (χ1v) is 13.6. The Balaban J connectivity index is 1.25. The van der Waals surface area contributed by atoms with Crippen LogP contribution in [-0.4, -0.2) is 47.0 Å². The standard InChI is InChI=1S/C29H21N5O7S/c30-24-11-5-18-13-22(42(39,40)41)15-26(36)27(18)28(24)34-32-20-8-3-17(4-9-20)16-1-6-19(7-2-16)31-33-21-10-12-25(35)23(14-21)29(37)38/h1-15,30-32,34H,(H,37,38)(H,39,40,41). The number of anilines is 2. The van der Waals surface area contributed by atoms with Crippen molar-refractivity contribution in [1.82, 2.24) is 5.43 Å². The molecule has 0 radical (unpaired) electrons. The summed E-state index contributed by atoms with van der Waals surface area (Å²) in [5.74, 6) is -2.57. The minimum absolute atomic E-state index is 0.00788. The average molecular weight is 584 g/mol. The third-order valence-corrected chi connectivity index (χ3v) is 7.13. The number of allylic oxidation sites excluding steroid dienone is 9. The summed E-state index contributed by atoms with van der Waals surface area (Å²) in [5, 5.41) is 21.4. The Morgan fingerprint density at radius 1 is 0.786 bits per heavy atom. The van der Waals surface area contributed by atoms with Gasteiger partial charge in [0.1, 0.15) is 5.57 Å². The molecular formula is C29H21N5O7S. The van der Waals surface area contributed by atoms with E-state index in [1.165, 1.54) is 30.4 Å². The summed E-state index contributed by atoms with van der Waals surface area (Å²) in [6.45, 7) is 0. The van der Waals surface area contributed by atoms with Crippen LogP contribution in [0.3, 0.4) is 0 Å². The summed E-state index contributed by atoms with van der Waals surface area (Å²) in [5.41, 5.74) is 12.2. The Morgan fingerprint density at radius 2 is 1.43 bits per heavy atom. The molecule has 0 spiro atoms. The molecule has 5 rings (SSSR count). The lowest BCUT2D eigenvalue weighted by Gasteiger charge is -2.22.